The van der Waals surface area contributed by atoms with Gasteiger partial charge in [-0.05, 0) is 55.0 Å². The van der Waals surface area contributed by atoms with Gasteiger partial charge in [0.05, 0.1) is 29.2 Å². The summed E-state index contributed by atoms with van der Waals surface area (Å²) in [6.07, 6.45) is -0.329. The number of halogens is 2. The minimum Gasteiger partial charge on any atom is -0.462 e. The van der Waals surface area contributed by atoms with Gasteiger partial charge in [0.1, 0.15) is 11.1 Å². The fourth-order valence-electron chi connectivity index (χ4n) is 4.18. The highest BCUT2D eigenvalue weighted by Crippen LogP contribution is 2.31. The first-order chi connectivity index (χ1) is 18.6. The number of ether oxygens (including phenoxy) is 1. The van der Waals surface area contributed by atoms with E-state index in [1.807, 2.05) is 0 Å². The van der Waals surface area contributed by atoms with E-state index >= 15 is 0 Å². The second-order valence-electron chi connectivity index (χ2n) is 8.50. The van der Waals surface area contributed by atoms with Crippen LogP contribution < -0.4 is 4.90 Å². The first-order valence-electron chi connectivity index (χ1n) is 11.7. The zero-order valence-corrected chi connectivity index (χ0v) is 22.0. The topological polar surface area (TPSA) is 127 Å². The Bertz CT molecular complexity index is 1480. The van der Waals surface area contributed by atoms with E-state index in [9.17, 15) is 29.3 Å². The molecule has 3 amide bonds. The van der Waals surface area contributed by atoms with Crippen LogP contribution in [0.1, 0.15) is 39.6 Å². The fraction of sp³-hybridized carbons (Fsp3) is 0.185. The Morgan fingerprint density at radius 3 is 2.33 bits per heavy atom. The number of esters is 1. The highest BCUT2D eigenvalue weighted by Gasteiger charge is 2.45. The molecule has 0 aromatic heterocycles. The predicted octanol–water partition coefficient (Wildman–Crippen LogP) is 5.05. The third-order valence-corrected chi connectivity index (χ3v) is 6.77. The van der Waals surface area contributed by atoms with Crippen LogP contribution >= 0.6 is 23.2 Å². The van der Waals surface area contributed by atoms with Crippen molar-refractivity contribution < 1.29 is 28.8 Å². The number of carbonyl (C=O) groups excluding carboxylic acids is 4. The van der Waals surface area contributed by atoms with Crippen LogP contribution in [-0.4, -0.2) is 46.2 Å². The molecule has 0 aliphatic carbocycles. The Balaban J connectivity index is 1.69. The molecule has 0 saturated carbocycles. The summed E-state index contributed by atoms with van der Waals surface area (Å²) in [4.78, 5) is 65.1. The van der Waals surface area contributed by atoms with Crippen LogP contribution in [-0.2, 0) is 20.9 Å². The maximum Gasteiger partial charge on any atom is 0.338 e. The summed E-state index contributed by atoms with van der Waals surface area (Å²) in [5, 5.41) is 11.6. The molecule has 1 aliphatic heterocycles. The van der Waals surface area contributed by atoms with Gasteiger partial charge in [-0.3, -0.25) is 24.5 Å². The number of imide groups is 1. The number of benzene rings is 3. The fourth-order valence-corrected chi connectivity index (χ4v) is 4.56. The predicted molar refractivity (Wildman–Crippen MR) is 143 cm³/mol. The molecule has 1 saturated heterocycles. The van der Waals surface area contributed by atoms with Gasteiger partial charge in [0.25, 0.3) is 17.5 Å². The molecule has 4 rings (SSSR count). The van der Waals surface area contributed by atoms with Crippen molar-refractivity contribution in [2.24, 2.45) is 0 Å². The molecule has 0 N–H and O–H groups in total. The number of amides is 3. The highest BCUT2D eigenvalue weighted by atomic mass is 35.5. The highest BCUT2D eigenvalue weighted by molar-refractivity contribution is 6.33. The number of carbonyl (C=O) groups is 4. The van der Waals surface area contributed by atoms with Crippen molar-refractivity contribution in [3.05, 3.63) is 104 Å². The summed E-state index contributed by atoms with van der Waals surface area (Å²) >= 11 is 12.2. The van der Waals surface area contributed by atoms with E-state index in [0.717, 1.165) is 11.0 Å². The van der Waals surface area contributed by atoms with Gasteiger partial charge in [0.2, 0.25) is 5.91 Å². The molecule has 12 heteroatoms. The van der Waals surface area contributed by atoms with Gasteiger partial charge in [0.15, 0.2) is 0 Å². The lowest BCUT2D eigenvalue weighted by Crippen LogP contribution is -2.45. The first kappa shape index (κ1) is 27.7. The molecule has 3 aromatic rings. The van der Waals surface area contributed by atoms with Crippen LogP contribution in [0, 0.1) is 10.1 Å². The Labute approximate surface area is 232 Å². The van der Waals surface area contributed by atoms with Crippen molar-refractivity contribution in [1.29, 1.82) is 0 Å². The zero-order valence-electron chi connectivity index (χ0n) is 20.5. The van der Waals surface area contributed by atoms with E-state index in [-0.39, 0.29) is 41.4 Å². The quantitative estimate of drug-likeness (QED) is 0.160. The number of hydrogen-bond donors (Lipinski definition) is 0. The van der Waals surface area contributed by atoms with Crippen LogP contribution in [0.5, 0.6) is 0 Å². The van der Waals surface area contributed by atoms with E-state index in [1.165, 1.54) is 41.3 Å². The third-order valence-electron chi connectivity index (χ3n) is 6.08. The Kier molecular flexibility index (Phi) is 8.27. The van der Waals surface area contributed by atoms with E-state index in [1.54, 1.807) is 31.2 Å². The van der Waals surface area contributed by atoms with E-state index in [2.05, 4.69) is 0 Å². The van der Waals surface area contributed by atoms with Crippen molar-refractivity contribution in [1.82, 2.24) is 4.90 Å². The molecule has 0 spiro atoms. The Morgan fingerprint density at radius 2 is 1.69 bits per heavy atom. The van der Waals surface area contributed by atoms with Crippen LogP contribution in [0.2, 0.25) is 10.0 Å². The molecule has 10 nitrogen and oxygen atoms in total. The number of hydrogen-bond acceptors (Lipinski definition) is 7. The van der Waals surface area contributed by atoms with Gasteiger partial charge < -0.3 is 9.64 Å². The number of anilines is 1. The van der Waals surface area contributed by atoms with Crippen molar-refractivity contribution >= 4 is 58.3 Å². The maximum absolute atomic E-state index is 13.7. The molecule has 1 heterocycles. The minimum atomic E-state index is -1.22. The molecule has 3 aromatic carbocycles. The number of rotatable bonds is 8. The number of nitrogens with zero attached hydrogens (tertiary/aromatic N) is 3. The molecule has 1 unspecified atom stereocenters. The first-order valence-corrected chi connectivity index (χ1v) is 12.5. The molecule has 1 atom stereocenters. The normalized spacial score (nSPS) is 14.8. The van der Waals surface area contributed by atoms with E-state index in [4.69, 9.17) is 27.9 Å². The van der Waals surface area contributed by atoms with Crippen LogP contribution in [0.4, 0.5) is 11.4 Å². The molecule has 1 aliphatic rings. The Hall–Kier alpha value is -4.28. The SMILES string of the molecule is CCOC(=O)c1ccc(N2C(=O)CC(N(Cc3ccccc3Cl)C(=O)c3ccc(Cl)c([N+](=O)[O-])c3)C2=O)cc1. The summed E-state index contributed by atoms with van der Waals surface area (Å²) in [7, 11) is 0. The summed E-state index contributed by atoms with van der Waals surface area (Å²) in [6, 6.07) is 14.8. The second-order valence-corrected chi connectivity index (χ2v) is 9.32. The average Bonchev–Trinajstić information content (AvgIpc) is 3.21. The van der Waals surface area contributed by atoms with Gasteiger partial charge in [-0.15, -0.1) is 0 Å². The summed E-state index contributed by atoms with van der Waals surface area (Å²) in [5.41, 5.74) is 0.408. The molecular weight excluding hydrogens is 549 g/mol. The molecule has 0 radical (unpaired) electrons. The van der Waals surface area contributed by atoms with Gasteiger partial charge in [0, 0.05) is 23.2 Å². The molecule has 0 bridgehead atoms. The van der Waals surface area contributed by atoms with Crippen LogP contribution in [0.25, 0.3) is 0 Å². The summed E-state index contributed by atoms with van der Waals surface area (Å²) in [6.45, 7) is 1.72. The average molecular weight is 570 g/mol. The van der Waals surface area contributed by atoms with Crippen molar-refractivity contribution in [3.8, 4) is 0 Å². The maximum atomic E-state index is 13.7. The van der Waals surface area contributed by atoms with Gasteiger partial charge in [-0.2, -0.15) is 0 Å². The Morgan fingerprint density at radius 1 is 1.03 bits per heavy atom. The van der Waals surface area contributed by atoms with Crippen molar-refractivity contribution in [2.75, 3.05) is 11.5 Å². The smallest absolute Gasteiger partial charge is 0.338 e. The number of nitro benzene ring substituents is 1. The van der Waals surface area contributed by atoms with Gasteiger partial charge >= 0.3 is 5.97 Å². The van der Waals surface area contributed by atoms with Gasteiger partial charge in [-0.1, -0.05) is 41.4 Å². The van der Waals surface area contributed by atoms with Gasteiger partial charge in [-0.25, -0.2) is 9.69 Å². The molecule has 1 fully saturated rings. The molecule has 39 heavy (non-hydrogen) atoms. The van der Waals surface area contributed by atoms with E-state index < -0.39 is 40.3 Å². The third kappa shape index (κ3) is 5.76. The molecule has 200 valence electrons. The zero-order chi connectivity index (χ0) is 28.3. The summed E-state index contributed by atoms with van der Waals surface area (Å²) < 4.78 is 4.96. The van der Waals surface area contributed by atoms with E-state index in [0.29, 0.717) is 10.6 Å². The second kappa shape index (κ2) is 11.6. The lowest BCUT2D eigenvalue weighted by atomic mass is 10.1. The van der Waals surface area contributed by atoms with Crippen LogP contribution in [0.15, 0.2) is 66.7 Å². The van der Waals surface area contributed by atoms with Crippen molar-refractivity contribution in [2.45, 2.75) is 25.9 Å². The lowest BCUT2D eigenvalue weighted by Gasteiger charge is -2.28. The summed E-state index contributed by atoms with van der Waals surface area (Å²) in [5.74, 6) is -2.50. The van der Waals surface area contributed by atoms with Crippen molar-refractivity contribution in [3.63, 3.8) is 0 Å². The largest absolute Gasteiger partial charge is 0.462 e. The minimum absolute atomic E-state index is 0.0874. The number of nitro groups is 1. The standard InChI is InChI=1S/C27H21Cl2N3O7/c1-2-39-27(36)16-7-10-19(11-8-16)31-24(33)14-23(26(31)35)30(15-18-5-3-4-6-20(18)28)25(34)17-9-12-21(29)22(13-17)32(37)38/h3-13,23H,2,14-15H2,1H3. The molecular formula is C27H21Cl2N3O7. The van der Waals surface area contributed by atoms with Crippen LogP contribution in [0.3, 0.4) is 0 Å². The monoisotopic (exact) mass is 569 g/mol. The lowest BCUT2D eigenvalue weighted by molar-refractivity contribution is -0.384.